The van der Waals surface area contributed by atoms with Crippen LogP contribution in [0.1, 0.15) is 88.1 Å². The van der Waals surface area contributed by atoms with E-state index >= 15 is 0 Å². The second-order valence-electron chi connectivity index (χ2n) is 6.52. The molecule has 0 aliphatic heterocycles. The first-order valence-electron chi connectivity index (χ1n) is 8.60. The lowest BCUT2D eigenvalue weighted by atomic mass is 10.0. The molecule has 1 heterocycles. The van der Waals surface area contributed by atoms with Crippen LogP contribution in [0.4, 0.5) is 5.82 Å². The summed E-state index contributed by atoms with van der Waals surface area (Å²) in [4.78, 5) is 9.86. The average Bonchev–Trinajstić information content (AvgIpc) is 3.19. The first-order valence-corrected chi connectivity index (χ1v) is 9.40. The third-order valence-electron chi connectivity index (χ3n) is 4.90. The number of aromatic nitrogens is 2. The van der Waals surface area contributed by atoms with Gasteiger partial charge in [0.2, 0.25) is 0 Å². The lowest BCUT2D eigenvalue weighted by molar-refractivity contribution is 0.630. The predicted molar refractivity (Wildman–Crippen MR) is 90.9 cm³/mol. The molecule has 0 aromatic carbocycles. The number of hydrogen-bond acceptors (Lipinski definition) is 3. The maximum atomic E-state index is 5.01. The summed E-state index contributed by atoms with van der Waals surface area (Å²) in [5.74, 6) is 3.33. The topological polar surface area (TPSA) is 37.8 Å². The second-order valence-corrected chi connectivity index (χ2v) is 7.31. The minimum atomic E-state index is 0.584. The summed E-state index contributed by atoms with van der Waals surface area (Å²) >= 11 is 3.78. The SMILES string of the molecule is CCCNc1nc(C2CCCC2)nc(C2CCCC2)c1Br. The molecule has 3 rings (SSSR count). The fourth-order valence-corrected chi connectivity index (χ4v) is 4.32. The Balaban J connectivity index is 1.93. The van der Waals surface area contributed by atoms with Gasteiger partial charge in [0.15, 0.2) is 0 Å². The first kappa shape index (κ1) is 15.3. The van der Waals surface area contributed by atoms with Crippen LogP contribution in [-0.4, -0.2) is 16.5 Å². The highest BCUT2D eigenvalue weighted by atomic mass is 79.9. The minimum Gasteiger partial charge on any atom is -0.369 e. The van der Waals surface area contributed by atoms with Crippen molar-refractivity contribution in [3.63, 3.8) is 0 Å². The van der Waals surface area contributed by atoms with Crippen molar-refractivity contribution in [2.24, 2.45) is 0 Å². The van der Waals surface area contributed by atoms with E-state index in [1.54, 1.807) is 0 Å². The maximum Gasteiger partial charge on any atom is 0.144 e. The Morgan fingerprint density at radius 3 is 2.24 bits per heavy atom. The van der Waals surface area contributed by atoms with E-state index in [1.807, 2.05) is 0 Å². The smallest absolute Gasteiger partial charge is 0.144 e. The second kappa shape index (κ2) is 7.08. The first-order chi connectivity index (χ1) is 10.3. The fourth-order valence-electron chi connectivity index (χ4n) is 3.68. The Morgan fingerprint density at radius 2 is 1.62 bits per heavy atom. The molecule has 2 aliphatic rings. The summed E-state index contributed by atoms with van der Waals surface area (Å²) in [7, 11) is 0. The molecule has 1 aromatic heterocycles. The highest BCUT2D eigenvalue weighted by Crippen LogP contribution is 2.41. The van der Waals surface area contributed by atoms with Crippen molar-refractivity contribution in [2.75, 3.05) is 11.9 Å². The Kier molecular flexibility index (Phi) is 5.15. The van der Waals surface area contributed by atoms with Gasteiger partial charge in [-0.1, -0.05) is 32.6 Å². The molecular weight excluding hydrogens is 326 g/mol. The molecule has 1 aromatic rings. The van der Waals surface area contributed by atoms with E-state index in [-0.39, 0.29) is 0 Å². The molecule has 0 amide bonds. The normalized spacial score (nSPS) is 20.3. The van der Waals surface area contributed by atoms with E-state index in [1.165, 1.54) is 57.1 Å². The van der Waals surface area contributed by atoms with Crippen LogP contribution in [0.25, 0.3) is 0 Å². The molecule has 3 nitrogen and oxygen atoms in total. The van der Waals surface area contributed by atoms with Crippen LogP contribution >= 0.6 is 15.9 Å². The van der Waals surface area contributed by atoms with E-state index in [9.17, 15) is 0 Å². The molecule has 2 saturated carbocycles. The van der Waals surface area contributed by atoms with Crippen LogP contribution in [0.5, 0.6) is 0 Å². The molecule has 0 radical (unpaired) electrons. The highest BCUT2D eigenvalue weighted by molar-refractivity contribution is 9.10. The molecule has 0 saturated heterocycles. The average molecular weight is 352 g/mol. The van der Waals surface area contributed by atoms with E-state index in [4.69, 9.17) is 9.97 Å². The molecule has 0 spiro atoms. The van der Waals surface area contributed by atoms with Crippen LogP contribution in [0, 0.1) is 0 Å². The van der Waals surface area contributed by atoms with Crippen LogP contribution in [0.15, 0.2) is 4.47 Å². The molecule has 0 atom stereocenters. The Hall–Kier alpha value is -0.640. The Labute approximate surface area is 136 Å². The van der Waals surface area contributed by atoms with Gasteiger partial charge in [-0.05, 0) is 48.0 Å². The molecular formula is C17H26BrN3. The molecule has 2 aliphatic carbocycles. The monoisotopic (exact) mass is 351 g/mol. The van der Waals surface area contributed by atoms with Crippen molar-refractivity contribution < 1.29 is 0 Å². The largest absolute Gasteiger partial charge is 0.369 e. The number of hydrogen-bond donors (Lipinski definition) is 1. The van der Waals surface area contributed by atoms with Gasteiger partial charge >= 0.3 is 0 Å². The molecule has 1 N–H and O–H groups in total. The third kappa shape index (κ3) is 3.41. The Morgan fingerprint density at radius 1 is 1.00 bits per heavy atom. The van der Waals surface area contributed by atoms with Gasteiger partial charge in [0, 0.05) is 18.4 Å². The molecule has 0 unspecified atom stereocenters. The molecule has 21 heavy (non-hydrogen) atoms. The summed E-state index contributed by atoms with van der Waals surface area (Å²) in [5, 5.41) is 3.49. The van der Waals surface area contributed by atoms with Gasteiger partial charge in [-0.15, -0.1) is 0 Å². The van der Waals surface area contributed by atoms with Gasteiger partial charge < -0.3 is 5.32 Å². The summed E-state index contributed by atoms with van der Waals surface area (Å²) in [5.41, 5.74) is 1.27. The standard InChI is InChI=1S/C17H26BrN3/c1-2-11-19-17-14(18)15(12-7-3-4-8-12)20-16(21-17)13-9-5-6-10-13/h12-13H,2-11H2,1H3,(H,19,20,21). The zero-order chi connectivity index (χ0) is 14.7. The van der Waals surface area contributed by atoms with Crippen molar-refractivity contribution in [1.29, 1.82) is 0 Å². The van der Waals surface area contributed by atoms with Gasteiger partial charge in [-0.2, -0.15) is 0 Å². The van der Waals surface area contributed by atoms with Crippen molar-refractivity contribution in [1.82, 2.24) is 9.97 Å². The number of anilines is 1. The summed E-state index contributed by atoms with van der Waals surface area (Å²) in [6.45, 7) is 3.17. The number of rotatable bonds is 5. The van der Waals surface area contributed by atoms with Crippen LogP contribution in [-0.2, 0) is 0 Å². The fraction of sp³-hybridized carbons (Fsp3) is 0.765. The number of halogens is 1. The Bertz CT molecular complexity index is 477. The summed E-state index contributed by atoms with van der Waals surface area (Å²) < 4.78 is 1.12. The maximum absolute atomic E-state index is 5.01. The van der Waals surface area contributed by atoms with Crippen LogP contribution in [0.2, 0.25) is 0 Å². The zero-order valence-corrected chi connectivity index (χ0v) is 14.6. The van der Waals surface area contributed by atoms with Crippen molar-refractivity contribution in [3.8, 4) is 0 Å². The van der Waals surface area contributed by atoms with Crippen molar-refractivity contribution >= 4 is 21.7 Å². The van der Waals surface area contributed by atoms with E-state index < -0.39 is 0 Å². The number of nitrogens with zero attached hydrogens (tertiary/aromatic N) is 2. The lowest BCUT2D eigenvalue weighted by Gasteiger charge is -2.18. The summed E-state index contributed by atoms with van der Waals surface area (Å²) in [6, 6.07) is 0. The van der Waals surface area contributed by atoms with Crippen LogP contribution in [0.3, 0.4) is 0 Å². The quantitative estimate of drug-likeness (QED) is 0.773. The molecule has 0 bridgehead atoms. The van der Waals surface area contributed by atoms with Crippen molar-refractivity contribution in [3.05, 3.63) is 16.0 Å². The molecule has 116 valence electrons. The van der Waals surface area contributed by atoms with Gasteiger partial charge in [-0.3, -0.25) is 0 Å². The molecule has 2 fully saturated rings. The van der Waals surface area contributed by atoms with Gasteiger partial charge in [0.1, 0.15) is 11.6 Å². The van der Waals surface area contributed by atoms with E-state index in [2.05, 4.69) is 28.2 Å². The lowest BCUT2D eigenvalue weighted by Crippen LogP contribution is -2.12. The zero-order valence-electron chi connectivity index (χ0n) is 13.0. The van der Waals surface area contributed by atoms with Gasteiger partial charge in [-0.25, -0.2) is 9.97 Å². The predicted octanol–water partition coefficient (Wildman–Crippen LogP) is 5.38. The van der Waals surface area contributed by atoms with Gasteiger partial charge in [0.05, 0.1) is 10.2 Å². The van der Waals surface area contributed by atoms with E-state index in [0.717, 1.165) is 29.1 Å². The molecule has 4 heteroatoms. The van der Waals surface area contributed by atoms with Crippen LogP contribution < -0.4 is 5.32 Å². The number of nitrogens with one attached hydrogen (secondary N) is 1. The minimum absolute atomic E-state index is 0.584. The third-order valence-corrected chi connectivity index (χ3v) is 5.68. The highest BCUT2D eigenvalue weighted by Gasteiger charge is 2.27. The summed E-state index contributed by atoms with van der Waals surface area (Å²) in [6.07, 6.45) is 11.6. The van der Waals surface area contributed by atoms with Crippen molar-refractivity contribution in [2.45, 2.75) is 76.5 Å². The van der Waals surface area contributed by atoms with Gasteiger partial charge in [0.25, 0.3) is 0 Å². The van der Waals surface area contributed by atoms with E-state index in [0.29, 0.717) is 11.8 Å².